The molecule has 1 aliphatic carbocycles. The molecule has 0 aliphatic heterocycles. The molecule has 1 saturated carbocycles. The van der Waals surface area contributed by atoms with E-state index < -0.39 is 0 Å². The van der Waals surface area contributed by atoms with Gasteiger partial charge in [0, 0.05) is 46.1 Å². The lowest BCUT2D eigenvalue weighted by molar-refractivity contribution is 0.0778. The van der Waals surface area contributed by atoms with E-state index in [0.29, 0.717) is 5.41 Å². The normalized spacial score (nSPS) is 15.4. The first-order valence-corrected chi connectivity index (χ1v) is 9.94. The average Bonchev–Trinajstić information content (AvgIpc) is 2.64. The summed E-state index contributed by atoms with van der Waals surface area (Å²) in [6.07, 6.45) is 9.00. The third kappa shape index (κ3) is 9.10. The molecule has 27 heavy (non-hydrogen) atoms. The van der Waals surface area contributed by atoms with Crippen molar-refractivity contribution in [3.63, 3.8) is 0 Å². The van der Waals surface area contributed by atoms with E-state index >= 15 is 0 Å². The number of rotatable bonds is 12. The number of nitrogens with one attached hydrogen (secondary N) is 3. The van der Waals surface area contributed by atoms with Gasteiger partial charge in [0.25, 0.3) is 0 Å². The maximum Gasteiger partial charge on any atom is 0.191 e. The fourth-order valence-electron chi connectivity index (χ4n) is 3.21. The van der Waals surface area contributed by atoms with Gasteiger partial charge in [-0.25, -0.2) is 4.98 Å². The Bertz CT molecular complexity index is 522. The van der Waals surface area contributed by atoms with Crippen molar-refractivity contribution < 1.29 is 4.74 Å². The number of pyridine rings is 1. The van der Waals surface area contributed by atoms with Crippen LogP contribution in [-0.2, 0) is 4.74 Å². The molecule has 1 aromatic heterocycles. The van der Waals surface area contributed by atoms with Gasteiger partial charge in [0.05, 0.1) is 0 Å². The van der Waals surface area contributed by atoms with E-state index in [2.05, 4.69) is 27.9 Å². The third-order valence-corrected chi connectivity index (χ3v) is 5.03. The Balaban J connectivity index is 0.00000364. The summed E-state index contributed by atoms with van der Waals surface area (Å²) in [5.41, 5.74) is 0.366. The molecule has 1 heterocycles. The van der Waals surface area contributed by atoms with E-state index in [0.717, 1.165) is 63.8 Å². The smallest absolute Gasteiger partial charge is 0.191 e. The third-order valence-electron chi connectivity index (χ3n) is 5.03. The van der Waals surface area contributed by atoms with Gasteiger partial charge in [-0.2, -0.15) is 0 Å². The second-order valence-corrected chi connectivity index (χ2v) is 7.07. The Kier molecular flexibility index (Phi) is 12.4. The van der Waals surface area contributed by atoms with Gasteiger partial charge in [-0.3, -0.25) is 4.99 Å². The minimum Gasteiger partial charge on any atom is -0.385 e. The highest BCUT2D eigenvalue weighted by molar-refractivity contribution is 14.0. The highest BCUT2D eigenvalue weighted by atomic mass is 127. The van der Waals surface area contributed by atoms with Crippen molar-refractivity contribution in [1.29, 1.82) is 0 Å². The highest BCUT2D eigenvalue weighted by Gasteiger charge is 2.36. The predicted molar refractivity (Wildman–Crippen MR) is 124 cm³/mol. The lowest BCUT2D eigenvalue weighted by Gasteiger charge is -2.40. The lowest BCUT2D eigenvalue weighted by Crippen LogP contribution is -2.40. The number of aliphatic imine (C=N–C) groups is 1. The second-order valence-electron chi connectivity index (χ2n) is 7.07. The fourth-order valence-corrected chi connectivity index (χ4v) is 3.21. The quantitative estimate of drug-likeness (QED) is 0.181. The SMILES string of the molecule is CCNC(=NCC1(CCOC)CCC1)NCCCCNc1ccccn1.I. The molecule has 6 nitrogen and oxygen atoms in total. The first-order valence-electron chi connectivity index (χ1n) is 9.94. The van der Waals surface area contributed by atoms with Crippen LogP contribution in [0.4, 0.5) is 5.82 Å². The zero-order valence-corrected chi connectivity index (χ0v) is 19.1. The van der Waals surface area contributed by atoms with Crippen molar-refractivity contribution in [3.05, 3.63) is 24.4 Å². The summed E-state index contributed by atoms with van der Waals surface area (Å²) in [6, 6.07) is 5.92. The van der Waals surface area contributed by atoms with Crippen molar-refractivity contribution in [2.75, 3.05) is 45.2 Å². The summed E-state index contributed by atoms with van der Waals surface area (Å²) in [7, 11) is 1.78. The molecule has 0 atom stereocenters. The number of guanidine groups is 1. The van der Waals surface area contributed by atoms with Gasteiger partial charge in [0.1, 0.15) is 5.82 Å². The summed E-state index contributed by atoms with van der Waals surface area (Å²) in [5.74, 6) is 1.88. The molecule has 1 aromatic rings. The Morgan fingerprint density at radius 2 is 2.04 bits per heavy atom. The van der Waals surface area contributed by atoms with E-state index in [4.69, 9.17) is 9.73 Å². The molecule has 0 saturated heterocycles. The van der Waals surface area contributed by atoms with Gasteiger partial charge in [0.15, 0.2) is 5.96 Å². The standard InChI is InChI=1S/C20H35N5O.HI/c1-3-21-19(25-17-20(10-8-11-20)12-16-26-2)24-15-7-6-14-23-18-9-4-5-13-22-18;/h4-5,9,13H,3,6-8,10-12,14-17H2,1-2H3,(H,22,23)(H2,21,24,25);1H. The maximum absolute atomic E-state index is 5.27. The van der Waals surface area contributed by atoms with Gasteiger partial charge < -0.3 is 20.7 Å². The maximum atomic E-state index is 5.27. The lowest BCUT2D eigenvalue weighted by atomic mass is 9.67. The molecule has 154 valence electrons. The Labute approximate surface area is 181 Å². The van der Waals surface area contributed by atoms with E-state index in [1.165, 1.54) is 19.3 Å². The topological polar surface area (TPSA) is 70.6 Å². The Hall–Kier alpha value is -1.09. The van der Waals surface area contributed by atoms with E-state index in [1.807, 2.05) is 24.4 Å². The van der Waals surface area contributed by atoms with Crippen LogP contribution in [0.3, 0.4) is 0 Å². The first-order chi connectivity index (χ1) is 12.8. The molecule has 1 aliphatic rings. The molecule has 7 heteroatoms. The summed E-state index contributed by atoms with van der Waals surface area (Å²) in [4.78, 5) is 9.11. The van der Waals surface area contributed by atoms with Gasteiger partial charge in [0.2, 0.25) is 0 Å². The minimum absolute atomic E-state index is 0. The number of unbranched alkanes of at least 4 members (excludes halogenated alkanes) is 1. The molecular weight excluding hydrogens is 453 g/mol. The number of nitrogens with zero attached hydrogens (tertiary/aromatic N) is 2. The summed E-state index contributed by atoms with van der Waals surface area (Å²) in [6.45, 7) is 6.60. The number of methoxy groups -OCH3 is 1. The van der Waals surface area contributed by atoms with Gasteiger partial charge in [-0.1, -0.05) is 12.5 Å². The molecule has 0 spiro atoms. The van der Waals surface area contributed by atoms with E-state index in [-0.39, 0.29) is 24.0 Å². The number of hydrogen-bond donors (Lipinski definition) is 3. The van der Waals surface area contributed by atoms with Gasteiger partial charge in [-0.15, -0.1) is 24.0 Å². The largest absolute Gasteiger partial charge is 0.385 e. The van der Waals surface area contributed by atoms with Crippen LogP contribution in [0.5, 0.6) is 0 Å². The Morgan fingerprint density at radius 3 is 2.67 bits per heavy atom. The molecule has 0 aromatic carbocycles. The summed E-state index contributed by atoms with van der Waals surface area (Å²) in [5, 5.41) is 10.2. The minimum atomic E-state index is 0. The molecular formula is C20H36IN5O. The van der Waals surface area contributed by atoms with Crippen LogP contribution < -0.4 is 16.0 Å². The van der Waals surface area contributed by atoms with Crippen molar-refractivity contribution in [2.45, 2.75) is 45.4 Å². The number of hydrogen-bond acceptors (Lipinski definition) is 4. The molecule has 0 radical (unpaired) electrons. The summed E-state index contributed by atoms with van der Waals surface area (Å²) < 4.78 is 5.27. The van der Waals surface area contributed by atoms with Crippen LogP contribution in [0.1, 0.15) is 45.4 Å². The molecule has 3 N–H and O–H groups in total. The van der Waals surface area contributed by atoms with Crippen LogP contribution >= 0.6 is 24.0 Å². The van der Waals surface area contributed by atoms with Gasteiger partial charge in [-0.05, 0) is 56.6 Å². The zero-order valence-electron chi connectivity index (χ0n) is 16.8. The average molecular weight is 489 g/mol. The molecule has 0 bridgehead atoms. The number of aromatic nitrogens is 1. The fraction of sp³-hybridized carbons (Fsp3) is 0.700. The van der Waals surface area contributed by atoms with Crippen molar-refractivity contribution in [1.82, 2.24) is 15.6 Å². The molecule has 0 amide bonds. The molecule has 0 unspecified atom stereocenters. The van der Waals surface area contributed by atoms with Gasteiger partial charge >= 0.3 is 0 Å². The van der Waals surface area contributed by atoms with Crippen molar-refractivity contribution in [2.24, 2.45) is 10.4 Å². The number of ether oxygens (including phenoxy) is 1. The molecule has 1 fully saturated rings. The second kappa shape index (κ2) is 14.0. The van der Waals surface area contributed by atoms with Crippen LogP contribution in [0.15, 0.2) is 29.4 Å². The molecule has 2 rings (SSSR count). The van der Waals surface area contributed by atoms with E-state index in [1.54, 1.807) is 7.11 Å². The van der Waals surface area contributed by atoms with Crippen molar-refractivity contribution in [3.8, 4) is 0 Å². The van der Waals surface area contributed by atoms with Crippen LogP contribution in [0.25, 0.3) is 0 Å². The zero-order chi connectivity index (χ0) is 18.5. The highest BCUT2D eigenvalue weighted by Crippen LogP contribution is 2.44. The van der Waals surface area contributed by atoms with Crippen LogP contribution in [-0.4, -0.2) is 50.8 Å². The Morgan fingerprint density at radius 1 is 1.22 bits per heavy atom. The van der Waals surface area contributed by atoms with Crippen LogP contribution in [0.2, 0.25) is 0 Å². The van der Waals surface area contributed by atoms with E-state index in [9.17, 15) is 0 Å². The first kappa shape index (κ1) is 23.9. The monoisotopic (exact) mass is 489 g/mol. The van der Waals surface area contributed by atoms with Crippen LogP contribution in [0, 0.1) is 5.41 Å². The number of halogens is 1. The summed E-state index contributed by atoms with van der Waals surface area (Å²) >= 11 is 0. The number of anilines is 1. The predicted octanol–water partition coefficient (Wildman–Crippen LogP) is 3.65. The van der Waals surface area contributed by atoms with Crippen molar-refractivity contribution >= 4 is 35.8 Å².